The second-order valence-corrected chi connectivity index (χ2v) is 5.22. The topological polar surface area (TPSA) is 0 Å². The lowest BCUT2D eigenvalue weighted by atomic mass is 10.0. The van der Waals surface area contributed by atoms with Crippen molar-refractivity contribution in [3.05, 3.63) is 35.9 Å². The summed E-state index contributed by atoms with van der Waals surface area (Å²) in [6, 6.07) is 10.6. The Morgan fingerprint density at radius 2 is 1.50 bits per heavy atom. The van der Waals surface area contributed by atoms with Crippen LogP contribution in [0.15, 0.2) is 30.3 Å². The van der Waals surface area contributed by atoms with Crippen LogP contribution in [0.4, 0.5) is 0 Å². The summed E-state index contributed by atoms with van der Waals surface area (Å²) < 4.78 is 0.251. The summed E-state index contributed by atoms with van der Waals surface area (Å²) in [5.41, 5.74) is 1.40. The highest BCUT2D eigenvalue weighted by Gasteiger charge is 2.17. The van der Waals surface area contributed by atoms with E-state index in [1.165, 1.54) is 12.0 Å². The highest BCUT2D eigenvalue weighted by atomic mass is 32.2. The normalized spacial score (nSPS) is 10.4. The first-order valence-corrected chi connectivity index (χ1v) is 6.41. The Kier molecular flexibility index (Phi) is 6.73. The van der Waals surface area contributed by atoms with E-state index in [1.54, 1.807) is 0 Å². The number of benzene rings is 1. The third-order valence-corrected chi connectivity index (χ3v) is 3.24. The van der Waals surface area contributed by atoms with E-state index in [0.29, 0.717) is 0 Å². The van der Waals surface area contributed by atoms with Gasteiger partial charge in [-0.15, -0.1) is 0 Å². The summed E-state index contributed by atoms with van der Waals surface area (Å²) in [7, 11) is 0. The third-order valence-electron chi connectivity index (χ3n) is 1.98. The van der Waals surface area contributed by atoms with Crippen LogP contribution in [0.1, 0.15) is 39.7 Å². The van der Waals surface area contributed by atoms with Crippen molar-refractivity contribution in [1.82, 2.24) is 0 Å². The highest BCUT2D eigenvalue weighted by molar-refractivity contribution is 7.99. The molecule has 1 heteroatoms. The molecule has 0 heterocycles. The molecule has 1 aromatic rings. The number of rotatable bonds is 2. The Balaban J connectivity index is 0.000000500. The summed E-state index contributed by atoms with van der Waals surface area (Å²) in [4.78, 5) is 0. The Hall–Kier alpha value is -0.430. The summed E-state index contributed by atoms with van der Waals surface area (Å²) in [5.74, 6) is 0. The lowest BCUT2D eigenvalue weighted by Crippen LogP contribution is -2.10. The zero-order valence-corrected chi connectivity index (χ0v) is 10.8. The van der Waals surface area contributed by atoms with Crippen molar-refractivity contribution in [3.63, 3.8) is 0 Å². The van der Waals surface area contributed by atoms with Gasteiger partial charge in [-0.2, -0.15) is 11.8 Å². The average molecular weight is 210 g/mol. The second kappa shape index (κ2) is 6.94. The molecule has 0 radical (unpaired) electrons. The first kappa shape index (κ1) is 13.6. The predicted octanol–water partition coefficient (Wildman–Crippen LogP) is 4.70. The molecular formula is C13H22S. The number of hydrogen-bond donors (Lipinski definition) is 0. The monoisotopic (exact) mass is 210 g/mol. The molecule has 14 heavy (non-hydrogen) atoms. The molecule has 0 bridgehead atoms. The Bertz CT molecular complexity index is 226. The lowest BCUT2D eigenvalue weighted by molar-refractivity contribution is 0.785. The van der Waals surface area contributed by atoms with Crippen LogP contribution in [0.25, 0.3) is 0 Å². The van der Waals surface area contributed by atoms with Gasteiger partial charge in [0, 0.05) is 4.75 Å². The van der Waals surface area contributed by atoms with Crippen LogP contribution in [0.5, 0.6) is 0 Å². The summed E-state index contributed by atoms with van der Waals surface area (Å²) >= 11 is 1.88. The van der Waals surface area contributed by atoms with Crippen LogP contribution in [0.2, 0.25) is 0 Å². The number of hydrogen-bond acceptors (Lipinski definition) is 1. The summed E-state index contributed by atoms with van der Waals surface area (Å²) in [5, 5.41) is 0. The fourth-order valence-electron chi connectivity index (χ4n) is 0.957. The van der Waals surface area contributed by atoms with Crippen molar-refractivity contribution in [1.29, 1.82) is 0 Å². The van der Waals surface area contributed by atoms with Gasteiger partial charge in [-0.05, 0) is 25.7 Å². The molecule has 1 rings (SSSR count). The van der Waals surface area contributed by atoms with Gasteiger partial charge in [-0.3, -0.25) is 0 Å². The largest absolute Gasteiger partial charge is 0.154 e. The molecule has 0 nitrogen and oxygen atoms in total. The average Bonchev–Trinajstić information content (AvgIpc) is 2.20. The maximum atomic E-state index is 2.24. The molecule has 0 aliphatic carbocycles. The molecule has 0 saturated carbocycles. The maximum Gasteiger partial charge on any atom is 0.0349 e. The van der Waals surface area contributed by atoms with Crippen molar-refractivity contribution in [2.24, 2.45) is 0 Å². The smallest absolute Gasteiger partial charge is 0.0349 e. The van der Waals surface area contributed by atoms with Crippen molar-refractivity contribution in [2.75, 3.05) is 6.26 Å². The van der Waals surface area contributed by atoms with Crippen molar-refractivity contribution >= 4 is 11.8 Å². The van der Waals surface area contributed by atoms with E-state index < -0.39 is 0 Å². The van der Waals surface area contributed by atoms with Crippen molar-refractivity contribution < 1.29 is 0 Å². The van der Waals surface area contributed by atoms with Crippen molar-refractivity contribution in [2.45, 2.75) is 38.9 Å². The van der Waals surface area contributed by atoms with Crippen LogP contribution in [-0.4, -0.2) is 6.26 Å². The van der Waals surface area contributed by atoms with E-state index in [1.807, 2.05) is 11.8 Å². The van der Waals surface area contributed by atoms with Crippen LogP contribution >= 0.6 is 11.8 Å². The van der Waals surface area contributed by atoms with Crippen LogP contribution in [0.3, 0.4) is 0 Å². The fourth-order valence-corrected chi connectivity index (χ4v) is 1.33. The zero-order valence-electron chi connectivity index (χ0n) is 10.0. The van der Waals surface area contributed by atoms with Gasteiger partial charge < -0.3 is 0 Å². The standard InChI is InChI=1S/C10H14S.C3H8/c1-10(2,11-3)9-7-5-4-6-8-9;1-3-2/h4-8H,1-3H3;3H2,1-2H3. The van der Waals surface area contributed by atoms with Gasteiger partial charge in [0.2, 0.25) is 0 Å². The molecule has 0 amide bonds. The van der Waals surface area contributed by atoms with E-state index in [0.717, 1.165) is 0 Å². The van der Waals surface area contributed by atoms with E-state index in [4.69, 9.17) is 0 Å². The molecule has 0 aromatic heterocycles. The summed E-state index contributed by atoms with van der Waals surface area (Å²) in [6.45, 7) is 8.74. The van der Waals surface area contributed by atoms with E-state index >= 15 is 0 Å². The van der Waals surface area contributed by atoms with Crippen LogP contribution in [-0.2, 0) is 4.75 Å². The van der Waals surface area contributed by atoms with Gasteiger partial charge in [0.15, 0.2) is 0 Å². The van der Waals surface area contributed by atoms with Crippen LogP contribution in [0, 0.1) is 0 Å². The SMILES string of the molecule is CCC.CSC(C)(C)c1ccccc1. The van der Waals surface area contributed by atoms with Gasteiger partial charge in [0.05, 0.1) is 0 Å². The van der Waals surface area contributed by atoms with Crippen molar-refractivity contribution in [3.8, 4) is 0 Å². The maximum absolute atomic E-state index is 2.24. The molecule has 0 spiro atoms. The van der Waals surface area contributed by atoms with Gasteiger partial charge >= 0.3 is 0 Å². The minimum absolute atomic E-state index is 0.251. The molecule has 1 aromatic carbocycles. The van der Waals surface area contributed by atoms with E-state index in [2.05, 4.69) is 64.3 Å². The second-order valence-electron chi connectivity index (χ2n) is 3.79. The van der Waals surface area contributed by atoms with Gasteiger partial charge in [-0.1, -0.05) is 50.6 Å². The van der Waals surface area contributed by atoms with Gasteiger partial charge in [0.25, 0.3) is 0 Å². The minimum Gasteiger partial charge on any atom is -0.154 e. The number of thioether (sulfide) groups is 1. The predicted molar refractivity (Wildman–Crippen MR) is 68.9 cm³/mol. The summed E-state index contributed by atoms with van der Waals surface area (Å²) in [6.07, 6.45) is 3.40. The molecule has 0 N–H and O–H groups in total. The Labute approximate surface area is 93.1 Å². The fraction of sp³-hybridized carbons (Fsp3) is 0.538. The Morgan fingerprint density at radius 3 is 1.86 bits per heavy atom. The molecule has 80 valence electrons. The molecule has 0 aliphatic rings. The zero-order chi connectivity index (χ0) is 11.0. The third kappa shape index (κ3) is 4.71. The van der Waals surface area contributed by atoms with Crippen LogP contribution < -0.4 is 0 Å². The molecular weight excluding hydrogens is 188 g/mol. The van der Waals surface area contributed by atoms with E-state index in [-0.39, 0.29) is 4.75 Å². The van der Waals surface area contributed by atoms with Gasteiger partial charge in [0.1, 0.15) is 0 Å². The molecule has 0 fully saturated rings. The quantitative estimate of drug-likeness (QED) is 0.681. The molecule has 0 atom stereocenters. The first-order chi connectivity index (χ1) is 6.58. The molecule has 0 saturated heterocycles. The highest BCUT2D eigenvalue weighted by Crippen LogP contribution is 2.32. The Morgan fingerprint density at radius 1 is 1.07 bits per heavy atom. The first-order valence-electron chi connectivity index (χ1n) is 5.19. The minimum atomic E-state index is 0.251. The molecule has 0 aliphatic heterocycles. The lowest BCUT2D eigenvalue weighted by Gasteiger charge is -2.22. The van der Waals surface area contributed by atoms with E-state index in [9.17, 15) is 0 Å². The molecule has 0 unspecified atom stereocenters. The van der Waals surface area contributed by atoms with Gasteiger partial charge in [-0.25, -0.2) is 0 Å².